The van der Waals surface area contributed by atoms with Crippen molar-refractivity contribution >= 4 is 0 Å². The van der Waals surface area contributed by atoms with E-state index in [4.69, 9.17) is 28.4 Å². The second kappa shape index (κ2) is 19.3. The van der Waals surface area contributed by atoms with Crippen LogP contribution in [0.4, 0.5) is 0 Å². The summed E-state index contributed by atoms with van der Waals surface area (Å²) in [5.74, 6) is 0. The SMILES string of the molecule is CCCCCCO[C@H]1OC(COCc2ccccc2)[C@@H](OCc2ccccc2)C(OCc2ccccc2)C1OCc1ccccc1. The highest BCUT2D eigenvalue weighted by Gasteiger charge is 2.49. The lowest BCUT2D eigenvalue weighted by Crippen LogP contribution is -2.61. The molecule has 0 amide bonds. The number of ether oxygens (including phenoxy) is 6. The van der Waals surface area contributed by atoms with Crippen molar-refractivity contribution < 1.29 is 28.4 Å². The molecule has 1 aliphatic rings. The summed E-state index contributed by atoms with van der Waals surface area (Å²) in [4.78, 5) is 0. The lowest BCUT2D eigenvalue weighted by molar-refractivity contribution is -0.328. The zero-order valence-electron chi connectivity index (χ0n) is 27.0. The first-order chi connectivity index (χ1) is 22.8. The zero-order chi connectivity index (χ0) is 31.7. The molecule has 0 radical (unpaired) electrons. The maximum absolute atomic E-state index is 6.78. The Balaban J connectivity index is 1.41. The van der Waals surface area contributed by atoms with Crippen molar-refractivity contribution in [1.29, 1.82) is 0 Å². The molecule has 0 aromatic heterocycles. The van der Waals surface area contributed by atoms with Crippen LogP contribution in [0.5, 0.6) is 0 Å². The topological polar surface area (TPSA) is 55.4 Å². The number of hydrogen-bond donors (Lipinski definition) is 0. The van der Waals surface area contributed by atoms with Crippen molar-refractivity contribution in [1.82, 2.24) is 0 Å². The van der Waals surface area contributed by atoms with Gasteiger partial charge in [0.15, 0.2) is 6.29 Å². The van der Waals surface area contributed by atoms with E-state index >= 15 is 0 Å². The molecule has 0 bridgehead atoms. The fourth-order valence-corrected chi connectivity index (χ4v) is 5.61. The Morgan fingerprint density at radius 2 is 0.935 bits per heavy atom. The molecule has 0 aliphatic carbocycles. The standard InChI is InChI=1S/C40H48O6/c1-2-3-4-17-26-42-40-39(45-30-35-24-15-8-16-25-35)38(44-29-34-22-13-7-14-23-34)37(43-28-33-20-11-6-12-21-33)36(46-40)31-41-27-32-18-9-5-10-19-32/h5-16,18-25,36-40H,2-4,17,26-31H2,1H3/t36?,37-,38?,39?,40+/m1/s1. The third kappa shape index (κ3) is 10.9. The molecule has 1 heterocycles. The van der Waals surface area contributed by atoms with Crippen molar-refractivity contribution in [3.05, 3.63) is 144 Å². The molecule has 1 saturated heterocycles. The molecule has 244 valence electrons. The van der Waals surface area contributed by atoms with E-state index < -0.39 is 30.7 Å². The third-order valence-corrected chi connectivity index (χ3v) is 8.12. The van der Waals surface area contributed by atoms with Crippen LogP contribution in [-0.4, -0.2) is 43.9 Å². The van der Waals surface area contributed by atoms with Crippen molar-refractivity contribution in [2.75, 3.05) is 13.2 Å². The van der Waals surface area contributed by atoms with Gasteiger partial charge in [-0.05, 0) is 28.7 Å². The molecule has 0 saturated carbocycles. The quantitative estimate of drug-likeness (QED) is 0.0979. The Kier molecular flexibility index (Phi) is 14.3. The lowest BCUT2D eigenvalue weighted by atomic mass is 9.97. The van der Waals surface area contributed by atoms with E-state index in [-0.39, 0.29) is 0 Å². The minimum Gasteiger partial charge on any atom is -0.374 e. The molecule has 3 unspecified atom stereocenters. The zero-order valence-corrected chi connectivity index (χ0v) is 27.0. The van der Waals surface area contributed by atoms with Crippen molar-refractivity contribution in [3.63, 3.8) is 0 Å². The number of rotatable bonds is 19. The van der Waals surface area contributed by atoms with Crippen LogP contribution in [0.25, 0.3) is 0 Å². The van der Waals surface area contributed by atoms with E-state index in [1.165, 1.54) is 12.8 Å². The van der Waals surface area contributed by atoms with E-state index in [1.54, 1.807) is 0 Å². The minimum absolute atomic E-state index is 0.320. The summed E-state index contributed by atoms with van der Waals surface area (Å²) in [6.45, 7) is 4.79. The fourth-order valence-electron chi connectivity index (χ4n) is 5.61. The van der Waals surface area contributed by atoms with Crippen LogP contribution in [0.3, 0.4) is 0 Å². The highest BCUT2D eigenvalue weighted by molar-refractivity contribution is 5.16. The predicted octanol–water partition coefficient (Wildman–Crippen LogP) is 8.28. The Bertz CT molecular complexity index is 1340. The summed E-state index contributed by atoms with van der Waals surface area (Å²) in [6, 6.07) is 40.7. The van der Waals surface area contributed by atoms with Gasteiger partial charge in [0, 0.05) is 6.61 Å². The Hall–Kier alpha value is -3.36. The van der Waals surface area contributed by atoms with Gasteiger partial charge in [-0.15, -0.1) is 0 Å². The molecular formula is C40H48O6. The monoisotopic (exact) mass is 624 g/mol. The van der Waals surface area contributed by atoms with Gasteiger partial charge >= 0.3 is 0 Å². The van der Waals surface area contributed by atoms with Crippen LogP contribution in [0.2, 0.25) is 0 Å². The van der Waals surface area contributed by atoms with Gasteiger partial charge < -0.3 is 28.4 Å². The third-order valence-electron chi connectivity index (χ3n) is 8.12. The number of benzene rings is 4. The smallest absolute Gasteiger partial charge is 0.186 e. The summed E-state index contributed by atoms with van der Waals surface area (Å²) in [7, 11) is 0. The summed E-state index contributed by atoms with van der Waals surface area (Å²) < 4.78 is 39.6. The van der Waals surface area contributed by atoms with Crippen molar-refractivity contribution in [3.8, 4) is 0 Å². The summed E-state index contributed by atoms with van der Waals surface area (Å²) >= 11 is 0. The molecule has 1 aliphatic heterocycles. The molecule has 4 aromatic carbocycles. The summed E-state index contributed by atoms with van der Waals surface area (Å²) in [6.07, 6.45) is 1.85. The van der Waals surface area contributed by atoms with Gasteiger partial charge in [0.25, 0.3) is 0 Å². The second-order valence-electron chi connectivity index (χ2n) is 11.8. The van der Waals surface area contributed by atoms with Gasteiger partial charge in [0.2, 0.25) is 0 Å². The molecule has 0 N–H and O–H groups in total. The molecule has 46 heavy (non-hydrogen) atoms. The molecule has 4 aromatic rings. The Labute approximate surface area is 274 Å². The Morgan fingerprint density at radius 3 is 1.43 bits per heavy atom. The molecule has 5 rings (SSSR count). The van der Waals surface area contributed by atoms with Gasteiger partial charge in [0.1, 0.15) is 24.4 Å². The molecule has 6 nitrogen and oxygen atoms in total. The first kappa shape index (κ1) is 34.0. The predicted molar refractivity (Wildman–Crippen MR) is 180 cm³/mol. The number of unbranched alkanes of at least 4 members (excludes halogenated alkanes) is 3. The van der Waals surface area contributed by atoms with Crippen molar-refractivity contribution in [2.45, 2.75) is 89.7 Å². The maximum Gasteiger partial charge on any atom is 0.186 e. The van der Waals surface area contributed by atoms with Gasteiger partial charge in [-0.25, -0.2) is 0 Å². The Morgan fingerprint density at radius 1 is 0.478 bits per heavy atom. The first-order valence-corrected chi connectivity index (χ1v) is 16.7. The normalized spacial score (nSPS) is 21.3. The number of hydrogen-bond acceptors (Lipinski definition) is 6. The van der Waals surface area contributed by atoms with E-state index in [2.05, 4.69) is 55.5 Å². The van der Waals surface area contributed by atoms with E-state index in [1.807, 2.05) is 72.8 Å². The van der Waals surface area contributed by atoms with Crippen LogP contribution in [0, 0.1) is 0 Å². The van der Waals surface area contributed by atoms with Gasteiger partial charge in [-0.2, -0.15) is 0 Å². The van der Waals surface area contributed by atoms with Crippen molar-refractivity contribution in [2.24, 2.45) is 0 Å². The lowest BCUT2D eigenvalue weighted by Gasteiger charge is -2.46. The van der Waals surface area contributed by atoms with Crippen LogP contribution in [-0.2, 0) is 54.8 Å². The first-order valence-electron chi connectivity index (χ1n) is 16.7. The molecule has 6 heteroatoms. The molecule has 0 spiro atoms. The minimum atomic E-state index is -0.645. The van der Waals surface area contributed by atoms with Crippen LogP contribution in [0.1, 0.15) is 54.9 Å². The largest absolute Gasteiger partial charge is 0.374 e. The molecule has 1 fully saturated rings. The average molecular weight is 625 g/mol. The van der Waals surface area contributed by atoms with Crippen LogP contribution in [0.15, 0.2) is 121 Å². The van der Waals surface area contributed by atoms with Crippen LogP contribution >= 0.6 is 0 Å². The van der Waals surface area contributed by atoms with Gasteiger partial charge in [0.05, 0.1) is 33.0 Å². The summed E-state index contributed by atoms with van der Waals surface area (Å²) in [5, 5.41) is 0. The summed E-state index contributed by atoms with van der Waals surface area (Å²) in [5.41, 5.74) is 4.32. The highest BCUT2D eigenvalue weighted by Crippen LogP contribution is 2.32. The molecular weight excluding hydrogens is 576 g/mol. The van der Waals surface area contributed by atoms with Gasteiger partial charge in [-0.3, -0.25) is 0 Å². The van der Waals surface area contributed by atoms with E-state index in [0.29, 0.717) is 39.6 Å². The van der Waals surface area contributed by atoms with Crippen LogP contribution < -0.4 is 0 Å². The second-order valence-corrected chi connectivity index (χ2v) is 11.8. The average Bonchev–Trinajstić information content (AvgIpc) is 3.11. The van der Waals surface area contributed by atoms with Gasteiger partial charge in [-0.1, -0.05) is 148 Å². The highest BCUT2D eigenvalue weighted by atomic mass is 16.7. The fraction of sp³-hybridized carbons (Fsp3) is 0.400. The maximum atomic E-state index is 6.78. The van der Waals surface area contributed by atoms with E-state index in [9.17, 15) is 0 Å². The molecule has 5 atom stereocenters. The van der Waals surface area contributed by atoms with E-state index in [0.717, 1.165) is 35.1 Å².